The highest BCUT2D eigenvalue weighted by atomic mass is 35.5. The van der Waals surface area contributed by atoms with Crippen LogP contribution in [0, 0.1) is 0 Å². The van der Waals surface area contributed by atoms with E-state index in [9.17, 15) is 34.2 Å². The number of carboxylic acids is 1. The van der Waals surface area contributed by atoms with Gasteiger partial charge in [0.05, 0.1) is 18.1 Å². The van der Waals surface area contributed by atoms with Crippen molar-refractivity contribution < 1.29 is 34.2 Å². The maximum absolute atomic E-state index is 14.5. The van der Waals surface area contributed by atoms with Gasteiger partial charge in [0.2, 0.25) is 23.6 Å². The smallest absolute Gasteiger partial charge is 0.326 e. The summed E-state index contributed by atoms with van der Waals surface area (Å²) >= 11 is 6.17. The molecule has 0 saturated carbocycles. The van der Waals surface area contributed by atoms with Crippen molar-refractivity contribution in [2.45, 2.75) is 114 Å². The standard InChI is InChI=1S/C57H66ClN7O7/c1-2-3-4-5-15-25-52(67)60-34-17-16-24-49(54(69)63-50(35-40-26-30-45(58)31-27-40)55(70)64-51(56(71)72)36-41-28-32-47(66)33-29-41)62-53(68)48(59)37-46-38-65(39-61-46)57(42-18-9-6-10-19-42,43-20-11-7-12-21-43)44-22-13-8-14-23-44/h6-14,18-23,26-33,38-39,48-51,66H,2-5,15-17,24-25,34-37,59H2,1H3,(H,60,67)(H,62,68)(H,63,69)(H,64,70)(H,71,72)/t48-,49+,50-,51-/m1/s1. The molecule has 4 atom stereocenters. The number of imidazole rings is 1. The van der Waals surface area contributed by atoms with Crippen molar-refractivity contribution in [3.05, 3.63) is 191 Å². The van der Waals surface area contributed by atoms with Gasteiger partial charge >= 0.3 is 5.97 Å². The van der Waals surface area contributed by atoms with Gasteiger partial charge < -0.3 is 41.8 Å². The molecule has 15 heteroatoms. The second kappa shape index (κ2) is 27.4. The summed E-state index contributed by atoms with van der Waals surface area (Å²) in [4.78, 5) is 72.5. The number of unbranched alkanes of at least 4 members (excludes halogenated alkanes) is 5. The fourth-order valence-electron chi connectivity index (χ4n) is 8.86. The minimum absolute atomic E-state index is 0.00394. The minimum atomic E-state index is -1.38. The molecule has 72 heavy (non-hydrogen) atoms. The topological polar surface area (TPSA) is 218 Å². The largest absolute Gasteiger partial charge is 0.508 e. The Balaban J connectivity index is 1.21. The fraction of sp³-hybridized carbons (Fsp3) is 0.333. The van der Waals surface area contributed by atoms with Crippen LogP contribution in [0.15, 0.2) is 152 Å². The summed E-state index contributed by atoms with van der Waals surface area (Å²) in [6.07, 6.45) is 10.1. The Morgan fingerprint density at radius 2 is 1.14 bits per heavy atom. The van der Waals surface area contributed by atoms with E-state index in [-0.39, 0.29) is 37.3 Å². The molecule has 0 aliphatic carbocycles. The summed E-state index contributed by atoms with van der Waals surface area (Å²) in [5, 5.41) is 31.6. The molecule has 4 amide bonds. The van der Waals surface area contributed by atoms with Crippen LogP contribution in [-0.4, -0.2) is 80.1 Å². The van der Waals surface area contributed by atoms with Crippen LogP contribution in [0.3, 0.4) is 0 Å². The van der Waals surface area contributed by atoms with E-state index in [4.69, 9.17) is 22.3 Å². The number of phenols is 1. The number of rotatable bonds is 28. The molecule has 0 aliphatic rings. The van der Waals surface area contributed by atoms with Gasteiger partial charge in [0.15, 0.2) is 0 Å². The molecule has 14 nitrogen and oxygen atoms in total. The number of aromatic nitrogens is 2. The molecular weight excluding hydrogens is 930 g/mol. The molecular formula is C57H66ClN7O7. The van der Waals surface area contributed by atoms with Gasteiger partial charge in [-0.15, -0.1) is 0 Å². The van der Waals surface area contributed by atoms with Crippen molar-refractivity contribution in [1.29, 1.82) is 0 Å². The van der Waals surface area contributed by atoms with Gasteiger partial charge in [-0.25, -0.2) is 9.78 Å². The molecule has 0 unspecified atom stereocenters. The number of carboxylic acid groups (broad SMARTS) is 1. The molecule has 1 heterocycles. The maximum Gasteiger partial charge on any atom is 0.326 e. The Labute approximate surface area is 426 Å². The highest BCUT2D eigenvalue weighted by molar-refractivity contribution is 6.30. The molecule has 1 aromatic heterocycles. The molecule has 8 N–H and O–H groups in total. The quantitative estimate of drug-likeness (QED) is 0.0190. The summed E-state index contributed by atoms with van der Waals surface area (Å²) in [6.45, 7) is 2.51. The Morgan fingerprint density at radius 1 is 0.625 bits per heavy atom. The monoisotopic (exact) mass is 995 g/mol. The second-order valence-electron chi connectivity index (χ2n) is 18.1. The number of amides is 4. The number of aromatic hydroxyl groups is 1. The number of phenolic OH excluding ortho intramolecular Hbond substituents is 1. The van der Waals surface area contributed by atoms with Crippen LogP contribution < -0.4 is 27.0 Å². The van der Waals surface area contributed by atoms with Crippen molar-refractivity contribution in [2.75, 3.05) is 6.54 Å². The third kappa shape index (κ3) is 15.4. The average Bonchev–Trinajstić information content (AvgIpc) is 3.85. The third-order valence-corrected chi connectivity index (χ3v) is 13.0. The zero-order chi connectivity index (χ0) is 51.3. The van der Waals surface area contributed by atoms with Gasteiger partial charge in [-0.3, -0.25) is 19.2 Å². The normalized spacial score (nSPS) is 13.0. The molecule has 6 aromatic rings. The number of halogens is 1. The molecule has 0 spiro atoms. The van der Waals surface area contributed by atoms with Crippen LogP contribution in [0.2, 0.25) is 5.02 Å². The van der Waals surface area contributed by atoms with Crippen molar-refractivity contribution in [1.82, 2.24) is 30.8 Å². The molecule has 6 rings (SSSR count). The lowest BCUT2D eigenvalue weighted by molar-refractivity contribution is -0.142. The van der Waals surface area contributed by atoms with E-state index in [0.717, 1.165) is 48.8 Å². The number of hydrogen-bond donors (Lipinski definition) is 7. The zero-order valence-electron chi connectivity index (χ0n) is 40.7. The summed E-state index contributed by atoms with van der Waals surface area (Å²) in [6, 6.07) is 37.9. The predicted molar refractivity (Wildman–Crippen MR) is 279 cm³/mol. The summed E-state index contributed by atoms with van der Waals surface area (Å²) in [5.41, 5.74) is 10.5. The number of nitrogens with one attached hydrogen (secondary N) is 4. The fourth-order valence-corrected chi connectivity index (χ4v) is 8.99. The first-order valence-corrected chi connectivity index (χ1v) is 25.1. The Bertz CT molecular complexity index is 2550. The molecule has 0 radical (unpaired) electrons. The highest BCUT2D eigenvalue weighted by Crippen LogP contribution is 2.40. The van der Waals surface area contributed by atoms with E-state index < -0.39 is 53.4 Å². The zero-order valence-corrected chi connectivity index (χ0v) is 41.5. The summed E-state index contributed by atoms with van der Waals surface area (Å²) in [7, 11) is 0. The Morgan fingerprint density at radius 3 is 1.71 bits per heavy atom. The Kier molecular flexibility index (Phi) is 20.5. The summed E-state index contributed by atoms with van der Waals surface area (Å²) in [5.74, 6) is -3.42. The Hall–Kier alpha value is -7.29. The first kappa shape index (κ1) is 54.1. The van der Waals surface area contributed by atoms with Gasteiger partial charge in [-0.2, -0.15) is 0 Å². The number of carbonyl (C=O) groups is 5. The molecule has 0 fully saturated rings. The average molecular weight is 997 g/mol. The number of hydrogen-bond acceptors (Lipinski definition) is 8. The van der Waals surface area contributed by atoms with Gasteiger partial charge in [0, 0.05) is 43.4 Å². The lowest BCUT2D eigenvalue weighted by atomic mass is 9.77. The highest BCUT2D eigenvalue weighted by Gasteiger charge is 2.39. The van der Waals surface area contributed by atoms with Gasteiger partial charge in [-0.1, -0.05) is 159 Å². The molecule has 0 aliphatic heterocycles. The van der Waals surface area contributed by atoms with E-state index >= 15 is 0 Å². The number of nitrogens with zero attached hydrogens (tertiary/aromatic N) is 2. The van der Waals surface area contributed by atoms with Crippen molar-refractivity contribution in [3.63, 3.8) is 0 Å². The number of aliphatic carboxylic acids is 1. The first-order valence-electron chi connectivity index (χ1n) is 24.8. The molecule has 0 saturated heterocycles. The lowest BCUT2D eigenvalue weighted by Gasteiger charge is -2.37. The van der Waals surface area contributed by atoms with Crippen molar-refractivity contribution in [3.8, 4) is 5.75 Å². The van der Waals surface area contributed by atoms with E-state index in [0.29, 0.717) is 47.7 Å². The lowest BCUT2D eigenvalue weighted by Crippen LogP contribution is -2.58. The van der Waals surface area contributed by atoms with Gasteiger partial charge in [0.25, 0.3) is 0 Å². The number of carbonyl (C=O) groups excluding carboxylic acids is 4. The molecule has 5 aromatic carbocycles. The summed E-state index contributed by atoms with van der Waals surface area (Å²) < 4.78 is 2.03. The van der Waals surface area contributed by atoms with E-state index in [1.807, 2.05) is 65.4 Å². The predicted octanol–water partition coefficient (Wildman–Crippen LogP) is 7.62. The minimum Gasteiger partial charge on any atom is -0.508 e. The van der Waals surface area contributed by atoms with Crippen LogP contribution >= 0.6 is 11.6 Å². The van der Waals surface area contributed by atoms with Crippen molar-refractivity contribution in [2.24, 2.45) is 5.73 Å². The molecule has 0 bridgehead atoms. The maximum atomic E-state index is 14.5. The molecule has 378 valence electrons. The van der Waals surface area contributed by atoms with E-state index in [1.165, 1.54) is 12.1 Å². The van der Waals surface area contributed by atoms with Crippen LogP contribution in [0.5, 0.6) is 5.75 Å². The SMILES string of the molecule is CCCCCCCC(=O)NCCCC[C@H](NC(=O)[C@H](N)Cc1cn(C(c2ccccc2)(c2ccccc2)c2ccccc2)cn1)C(=O)N[C@H](Cc1ccc(Cl)cc1)C(=O)N[C@H](Cc1ccc(O)cc1)C(=O)O. The van der Waals surface area contributed by atoms with Crippen LogP contribution in [-0.2, 0) is 48.8 Å². The van der Waals surface area contributed by atoms with E-state index in [1.54, 1.807) is 42.7 Å². The van der Waals surface area contributed by atoms with Crippen LogP contribution in [0.25, 0.3) is 0 Å². The number of benzene rings is 5. The third-order valence-electron chi connectivity index (χ3n) is 12.7. The first-order chi connectivity index (χ1) is 34.9. The van der Waals surface area contributed by atoms with Crippen LogP contribution in [0.1, 0.15) is 98.2 Å². The van der Waals surface area contributed by atoms with Gasteiger partial charge in [0.1, 0.15) is 29.4 Å². The van der Waals surface area contributed by atoms with Crippen LogP contribution in [0.4, 0.5) is 0 Å². The van der Waals surface area contributed by atoms with Crippen molar-refractivity contribution >= 4 is 41.2 Å². The second-order valence-corrected chi connectivity index (χ2v) is 18.6. The van der Waals surface area contributed by atoms with E-state index in [2.05, 4.69) is 64.6 Å². The number of nitrogens with two attached hydrogens (primary N) is 1. The van der Waals surface area contributed by atoms with Gasteiger partial charge in [-0.05, 0) is 77.8 Å².